The fourth-order valence-electron chi connectivity index (χ4n) is 1.30. The maximum atomic E-state index is 4.23. The lowest BCUT2D eigenvalue weighted by Gasteiger charge is -2.12. The lowest BCUT2D eigenvalue weighted by molar-refractivity contribution is 0.642. The highest BCUT2D eigenvalue weighted by Gasteiger charge is 2.07. The number of rotatable bonds is 4. The van der Waals surface area contributed by atoms with Crippen LogP contribution in [0.5, 0.6) is 0 Å². The summed E-state index contributed by atoms with van der Waals surface area (Å²) in [5.41, 5.74) is 1.28. The first-order chi connectivity index (χ1) is 5.88. The second kappa shape index (κ2) is 5.14. The predicted molar refractivity (Wildman–Crippen MR) is 53.5 cm³/mol. The molecule has 1 heterocycles. The van der Waals surface area contributed by atoms with Crippen molar-refractivity contribution in [2.45, 2.75) is 25.7 Å². The Bertz CT molecular complexity index is 213. The SMILES string of the molecule is CCC(CCS)c1ccnnc1. The molecule has 0 spiro atoms. The van der Waals surface area contributed by atoms with Crippen LogP contribution in [0.3, 0.4) is 0 Å². The molecule has 0 bridgehead atoms. The Morgan fingerprint density at radius 2 is 2.33 bits per heavy atom. The molecule has 0 fully saturated rings. The largest absolute Gasteiger partial charge is 0.179 e. The zero-order valence-corrected chi connectivity index (χ0v) is 8.17. The Morgan fingerprint density at radius 3 is 2.83 bits per heavy atom. The quantitative estimate of drug-likeness (QED) is 0.723. The molecule has 0 saturated carbocycles. The van der Waals surface area contributed by atoms with E-state index in [1.807, 2.05) is 12.3 Å². The van der Waals surface area contributed by atoms with Gasteiger partial charge < -0.3 is 0 Å². The first-order valence-electron chi connectivity index (χ1n) is 4.26. The average Bonchev–Trinajstić information content (AvgIpc) is 2.15. The molecule has 1 atom stereocenters. The summed E-state index contributed by atoms with van der Waals surface area (Å²) >= 11 is 4.23. The van der Waals surface area contributed by atoms with E-state index in [0.717, 1.165) is 18.6 Å². The maximum absolute atomic E-state index is 4.23. The molecule has 66 valence electrons. The van der Waals surface area contributed by atoms with Crippen molar-refractivity contribution in [3.8, 4) is 0 Å². The van der Waals surface area contributed by atoms with Crippen molar-refractivity contribution in [1.29, 1.82) is 0 Å². The van der Waals surface area contributed by atoms with Gasteiger partial charge in [-0.3, -0.25) is 0 Å². The third-order valence-electron chi connectivity index (χ3n) is 2.05. The van der Waals surface area contributed by atoms with Crippen LogP contribution in [0, 0.1) is 0 Å². The van der Waals surface area contributed by atoms with Gasteiger partial charge in [0.05, 0.1) is 6.20 Å². The van der Waals surface area contributed by atoms with Gasteiger partial charge >= 0.3 is 0 Å². The Labute approximate surface area is 78.8 Å². The standard InChI is InChI=1S/C9H14N2S/c1-2-8(4-6-12)9-3-5-10-11-7-9/h3,5,7-8,12H,2,4,6H2,1H3. The summed E-state index contributed by atoms with van der Waals surface area (Å²) in [7, 11) is 0. The van der Waals surface area contributed by atoms with E-state index >= 15 is 0 Å². The van der Waals surface area contributed by atoms with Crippen LogP contribution in [0.2, 0.25) is 0 Å². The van der Waals surface area contributed by atoms with Crippen LogP contribution >= 0.6 is 12.6 Å². The minimum absolute atomic E-state index is 0.595. The maximum Gasteiger partial charge on any atom is 0.0531 e. The van der Waals surface area contributed by atoms with Gasteiger partial charge in [0.1, 0.15) is 0 Å². The van der Waals surface area contributed by atoms with Crippen molar-refractivity contribution in [2.24, 2.45) is 0 Å². The smallest absolute Gasteiger partial charge is 0.0531 e. The van der Waals surface area contributed by atoms with E-state index in [1.165, 1.54) is 5.56 Å². The van der Waals surface area contributed by atoms with Gasteiger partial charge in [0.25, 0.3) is 0 Å². The van der Waals surface area contributed by atoms with E-state index in [1.54, 1.807) is 6.20 Å². The lowest BCUT2D eigenvalue weighted by atomic mass is 9.96. The third kappa shape index (κ3) is 2.48. The molecule has 0 aliphatic rings. The predicted octanol–water partition coefficient (Wildman–Crippen LogP) is 2.29. The molecule has 1 aromatic heterocycles. The monoisotopic (exact) mass is 182 g/mol. The number of hydrogen-bond donors (Lipinski definition) is 1. The summed E-state index contributed by atoms with van der Waals surface area (Å²) in [6.45, 7) is 2.19. The summed E-state index contributed by atoms with van der Waals surface area (Å²) < 4.78 is 0. The molecule has 0 aromatic carbocycles. The van der Waals surface area contributed by atoms with Crippen LogP contribution in [-0.2, 0) is 0 Å². The molecular weight excluding hydrogens is 168 g/mol. The van der Waals surface area contributed by atoms with Crippen molar-refractivity contribution in [3.63, 3.8) is 0 Å². The summed E-state index contributed by atoms with van der Waals surface area (Å²) in [6.07, 6.45) is 5.85. The van der Waals surface area contributed by atoms with Crippen molar-refractivity contribution in [1.82, 2.24) is 10.2 Å². The molecule has 0 aliphatic heterocycles. The highest BCUT2D eigenvalue weighted by atomic mass is 32.1. The van der Waals surface area contributed by atoms with Gasteiger partial charge in [-0.15, -0.1) is 0 Å². The summed E-state index contributed by atoms with van der Waals surface area (Å²) in [5.74, 6) is 1.53. The normalized spacial score (nSPS) is 12.8. The van der Waals surface area contributed by atoms with Gasteiger partial charge in [-0.1, -0.05) is 6.92 Å². The minimum Gasteiger partial charge on any atom is -0.179 e. The van der Waals surface area contributed by atoms with Gasteiger partial charge in [-0.05, 0) is 36.1 Å². The lowest BCUT2D eigenvalue weighted by Crippen LogP contribution is -1.99. The van der Waals surface area contributed by atoms with E-state index < -0.39 is 0 Å². The fraction of sp³-hybridized carbons (Fsp3) is 0.556. The third-order valence-corrected chi connectivity index (χ3v) is 2.31. The van der Waals surface area contributed by atoms with Crippen LogP contribution in [0.25, 0.3) is 0 Å². The average molecular weight is 182 g/mol. The molecule has 12 heavy (non-hydrogen) atoms. The Kier molecular flexibility index (Phi) is 4.08. The summed E-state index contributed by atoms with van der Waals surface area (Å²) in [6, 6.07) is 2.03. The molecule has 2 nitrogen and oxygen atoms in total. The van der Waals surface area contributed by atoms with Gasteiger partial charge in [0.15, 0.2) is 0 Å². The minimum atomic E-state index is 0.595. The Balaban J connectivity index is 2.66. The number of hydrogen-bond acceptors (Lipinski definition) is 3. The highest BCUT2D eigenvalue weighted by Crippen LogP contribution is 2.21. The van der Waals surface area contributed by atoms with Crippen molar-refractivity contribution < 1.29 is 0 Å². The first kappa shape index (κ1) is 9.52. The number of thiol groups is 1. The highest BCUT2D eigenvalue weighted by molar-refractivity contribution is 7.80. The molecule has 1 rings (SSSR count). The molecule has 1 unspecified atom stereocenters. The van der Waals surface area contributed by atoms with Crippen LogP contribution in [0.1, 0.15) is 31.2 Å². The first-order valence-corrected chi connectivity index (χ1v) is 4.89. The Hall–Kier alpha value is -0.570. The number of nitrogens with zero attached hydrogens (tertiary/aromatic N) is 2. The van der Waals surface area contributed by atoms with Crippen LogP contribution in [0.4, 0.5) is 0 Å². The van der Waals surface area contributed by atoms with Crippen LogP contribution in [-0.4, -0.2) is 16.0 Å². The molecule has 1 aromatic rings. The molecule has 3 heteroatoms. The van der Waals surface area contributed by atoms with Gasteiger partial charge in [0.2, 0.25) is 0 Å². The molecule has 0 amide bonds. The second-order valence-electron chi connectivity index (χ2n) is 2.79. The molecule has 0 saturated heterocycles. The Morgan fingerprint density at radius 1 is 1.50 bits per heavy atom. The van der Waals surface area contributed by atoms with Crippen LogP contribution in [0.15, 0.2) is 18.5 Å². The van der Waals surface area contributed by atoms with Gasteiger partial charge in [-0.2, -0.15) is 22.8 Å². The molecule has 0 N–H and O–H groups in total. The van der Waals surface area contributed by atoms with E-state index in [-0.39, 0.29) is 0 Å². The zero-order chi connectivity index (χ0) is 8.81. The molecule has 0 radical (unpaired) electrons. The summed E-state index contributed by atoms with van der Waals surface area (Å²) in [5, 5.41) is 7.61. The second-order valence-corrected chi connectivity index (χ2v) is 3.24. The van der Waals surface area contributed by atoms with Crippen molar-refractivity contribution in [2.75, 3.05) is 5.75 Å². The molecular formula is C9H14N2S. The van der Waals surface area contributed by atoms with Crippen molar-refractivity contribution in [3.05, 3.63) is 24.0 Å². The molecule has 0 aliphatic carbocycles. The van der Waals surface area contributed by atoms with Crippen LogP contribution < -0.4 is 0 Å². The van der Waals surface area contributed by atoms with Gasteiger partial charge in [0, 0.05) is 6.20 Å². The topological polar surface area (TPSA) is 25.8 Å². The van der Waals surface area contributed by atoms with Gasteiger partial charge in [-0.25, -0.2) is 0 Å². The number of aromatic nitrogens is 2. The van der Waals surface area contributed by atoms with E-state index in [4.69, 9.17) is 0 Å². The summed E-state index contributed by atoms with van der Waals surface area (Å²) in [4.78, 5) is 0. The zero-order valence-electron chi connectivity index (χ0n) is 7.27. The van der Waals surface area contributed by atoms with E-state index in [2.05, 4.69) is 29.7 Å². The van der Waals surface area contributed by atoms with E-state index in [9.17, 15) is 0 Å². The van der Waals surface area contributed by atoms with E-state index in [0.29, 0.717) is 5.92 Å². The van der Waals surface area contributed by atoms with Crippen molar-refractivity contribution >= 4 is 12.6 Å². The fourth-order valence-corrected chi connectivity index (χ4v) is 1.62.